The van der Waals surface area contributed by atoms with Crippen molar-refractivity contribution in [3.63, 3.8) is 0 Å². The van der Waals surface area contributed by atoms with Gasteiger partial charge in [0.15, 0.2) is 0 Å². The summed E-state index contributed by atoms with van der Waals surface area (Å²) in [7, 11) is 3.37. The quantitative estimate of drug-likeness (QED) is 0.835. The van der Waals surface area contributed by atoms with Crippen LogP contribution in [-0.2, 0) is 9.59 Å². The molecule has 1 fully saturated rings. The topological polar surface area (TPSA) is 70.7 Å². The summed E-state index contributed by atoms with van der Waals surface area (Å²) in [5, 5.41) is 5.75. The number of amides is 2. The molecule has 0 saturated carbocycles. The van der Waals surface area contributed by atoms with Gasteiger partial charge in [0.25, 0.3) is 0 Å². The molecule has 0 radical (unpaired) electrons. The van der Waals surface area contributed by atoms with Crippen molar-refractivity contribution in [2.24, 2.45) is 0 Å². The van der Waals surface area contributed by atoms with E-state index in [-0.39, 0.29) is 24.2 Å². The first kappa shape index (κ1) is 18.3. The summed E-state index contributed by atoms with van der Waals surface area (Å²) < 4.78 is 5.35. The van der Waals surface area contributed by atoms with Crippen LogP contribution in [0.25, 0.3) is 0 Å². The van der Waals surface area contributed by atoms with Crippen LogP contribution in [0.1, 0.15) is 19.3 Å². The van der Waals surface area contributed by atoms with Gasteiger partial charge in [-0.25, -0.2) is 0 Å². The van der Waals surface area contributed by atoms with Crippen molar-refractivity contribution < 1.29 is 14.3 Å². The molecular weight excluding hydrogens is 306 g/mol. The molecule has 2 N–H and O–H groups in total. The number of anilines is 2. The molecule has 1 aliphatic heterocycles. The Morgan fingerprint density at radius 2 is 2.18 bits per heavy atom. The van der Waals surface area contributed by atoms with E-state index in [0.29, 0.717) is 37.4 Å². The van der Waals surface area contributed by atoms with E-state index in [1.807, 2.05) is 6.07 Å². The molecule has 6 nitrogen and oxygen atoms in total. The molecule has 22 heavy (non-hydrogen) atoms. The normalized spacial score (nSPS) is 13.7. The monoisotopic (exact) mass is 327 g/mol. The summed E-state index contributed by atoms with van der Waals surface area (Å²) in [5.41, 5.74) is 1.43. The van der Waals surface area contributed by atoms with Crippen molar-refractivity contribution >= 4 is 35.6 Å². The fourth-order valence-electron chi connectivity index (χ4n) is 2.34. The van der Waals surface area contributed by atoms with E-state index in [4.69, 9.17) is 4.74 Å². The van der Waals surface area contributed by atoms with E-state index < -0.39 is 0 Å². The second-order valence-electron chi connectivity index (χ2n) is 4.94. The van der Waals surface area contributed by atoms with Crippen LogP contribution >= 0.6 is 12.4 Å². The van der Waals surface area contributed by atoms with Gasteiger partial charge in [0.1, 0.15) is 5.75 Å². The molecule has 122 valence electrons. The van der Waals surface area contributed by atoms with E-state index in [1.165, 1.54) is 0 Å². The highest BCUT2D eigenvalue weighted by Gasteiger charge is 2.24. The van der Waals surface area contributed by atoms with Gasteiger partial charge in [-0.05, 0) is 25.6 Å². The van der Waals surface area contributed by atoms with Gasteiger partial charge in [0.2, 0.25) is 11.8 Å². The zero-order valence-electron chi connectivity index (χ0n) is 12.8. The van der Waals surface area contributed by atoms with Crippen molar-refractivity contribution in [3.8, 4) is 5.75 Å². The standard InChI is InChI=1S/C15H21N3O3.ClH/c1-16-8-7-14(19)17-11-5-6-12(13(10-11)21-2)18-9-3-4-15(18)20;/h5-6,10,16H,3-4,7-9H2,1-2H3,(H,17,19);1H. The molecule has 1 heterocycles. The van der Waals surface area contributed by atoms with Gasteiger partial charge in [-0.3, -0.25) is 9.59 Å². The summed E-state index contributed by atoms with van der Waals surface area (Å²) in [6, 6.07) is 5.36. The first-order valence-corrected chi connectivity index (χ1v) is 7.08. The number of hydrogen-bond donors (Lipinski definition) is 2. The molecule has 0 unspecified atom stereocenters. The second-order valence-corrected chi connectivity index (χ2v) is 4.94. The molecule has 1 aliphatic rings. The summed E-state index contributed by atoms with van der Waals surface area (Å²) in [6.45, 7) is 1.34. The Labute approximate surface area is 136 Å². The van der Waals surface area contributed by atoms with Crippen LogP contribution in [0, 0.1) is 0 Å². The molecule has 1 saturated heterocycles. The van der Waals surface area contributed by atoms with Gasteiger partial charge in [-0.1, -0.05) is 0 Å². The van der Waals surface area contributed by atoms with Crippen molar-refractivity contribution in [3.05, 3.63) is 18.2 Å². The lowest BCUT2D eigenvalue weighted by molar-refractivity contribution is -0.117. The highest BCUT2D eigenvalue weighted by atomic mass is 35.5. The minimum atomic E-state index is -0.0589. The molecule has 0 aliphatic carbocycles. The lowest BCUT2D eigenvalue weighted by Gasteiger charge is -2.19. The van der Waals surface area contributed by atoms with E-state index in [0.717, 1.165) is 12.1 Å². The van der Waals surface area contributed by atoms with E-state index in [1.54, 1.807) is 31.2 Å². The molecule has 2 rings (SSSR count). The Morgan fingerprint density at radius 1 is 1.41 bits per heavy atom. The predicted molar refractivity (Wildman–Crippen MR) is 89.0 cm³/mol. The lowest BCUT2D eigenvalue weighted by Crippen LogP contribution is -2.24. The van der Waals surface area contributed by atoms with E-state index in [9.17, 15) is 9.59 Å². The number of benzene rings is 1. The number of methoxy groups -OCH3 is 1. The van der Waals surface area contributed by atoms with Gasteiger partial charge in [0, 0.05) is 37.7 Å². The van der Waals surface area contributed by atoms with Crippen molar-refractivity contribution in [2.75, 3.05) is 37.5 Å². The Kier molecular flexibility index (Phi) is 7.14. The third-order valence-corrected chi connectivity index (χ3v) is 3.43. The average molecular weight is 328 g/mol. The number of nitrogens with one attached hydrogen (secondary N) is 2. The van der Waals surface area contributed by atoms with Crippen molar-refractivity contribution in [2.45, 2.75) is 19.3 Å². The summed E-state index contributed by atoms with van der Waals surface area (Å²) >= 11 is 0. The molecule has 0 bridgehead atoms. The third-order valence-electron chi connectivity index (χ3n) is 3.43. The van der Waals surface area contributed by atoms with E-state index in [2.05, 4.69) is 10.6 Å². The van der Waals surface area contributed by atoms with Gasteiger partial charge in [0.05, 0.1) is 12.8 Å². The minimum absolute atomic E-state index is 0. The largest absolute Gasteiger partial charge is 0.494 e. The first-order valence-electron chi connectivity index (χ1n) is 7.08. The Morgan fingerprint density at radius 3 is 2.77 bits per heavy atom. The molecular formula is C15H22ClN3O3. The van der Waals surface area contributed by atoms with E-state index >= 15 is 0 Å². The van der Waals surface area contributed by atoms with Crippen LogP contribution in [0.4, 0.5) is 11.4 Å². The van der Waals surface area contributed by atoms with Gasteiger partial charge in [-0.2, -0.15) is 0 Å². The first-order chi connectivity index (χ1) is 10.2. The van der Waals surface area contributed by atoms with Crippen LogP contribution < -0.4 is 20.3 Å². The maximum atomic E-state index is 11.8. The molecule has 0 spiro atoms. The summed E-state index contributed by atoms with van der Waals surface area (Å²) in [4.78, 5) is 25.3. The van der Waals surface area contributed by atoms with Crippen LogP contribution in [0.5, 0.6) is 5.75 Å². The summed E-state index contributed by atoms with van der Waals surface area (Å²) in [6.07, 6.45) is 1.85. The Hall–Kier alpha value is -1.79. The van der Waals surface area contributed by atoms with Crippen LogP contribution in [0.2, 0.25) is 0 Å². The number of carbonyl (C=O) groups excluding carboxylic acids is 2. The van der Waals surface area contributed by atoms with Crippen molar-refractivity contribution in [1.29, 1.82) is 0 Å². The maximum absolute atomic E-state index is 11.8. The molecule has 2 amide bonds. The van der Waals surface area contributed by atoms with Gasteiger partial charge in [-0.15, -0.1) is 12.4 Å². The number of ether oxygens (including phenoxy) is 1. The smallest absolute Gasteiger partial charge is 0.227 e. The third kappa shape index (κ3) is 4.35. The fraction of sp³-hybridized carbons (Fsp3) is 0.467. The maximum Gasteiger partial charge on any atom is 0.227 e. The van der Waals surface area contributed by atoms with Crippen LogP contribution in [0.3, 0.4) is 0 Å². The Bertz CT molecular complexity index is 537. The summed E-state index contributed by atoms with van der Waals surface area (Å²) in [5.74, 6) is 0.646. The molecule has 7 heteroatoms. The second kappa shape index (κ2) is 8.60. The zero-order chi connectivity index (χ0) is 15.2. The molecule has 1 aromatic carbocycles. The number of nitrogens with zero attached hydrogens (tertiary/aromatic N) is 1. The average Bonchev–Trinajstić information content (AvgIpc) is 2.91. The molecule has 1 aromatic rings. The number of carbonyl (C=O) groups is 2. The minimum Gasteiger partial charge on any atom is -0.494 e. The number of rotatable bonds is 6. The predicted octanol–water partition coefficient (Wildman–Crippen LogP) is 1.79. The molecule has 0 atom stereocenters. The molecule has 0 aromatic heterocycles. The zero-order valence-corrected chi connectivity index (χ0v) is 13.7. The number of hydrogen-bond acceptors (Lipinski definition) is 4. The van der Waals surface area contributed by atoms with Gasteiger partial charge < -0.3 is 20.3 Å². The van der Waals surface area contributed by atoms with Gasteiger partial charge >= 0.3 is 0 Å². The number of halogens is 1. The van der Waals surface area contributed by atoms with Crippen molar-refractivity contribution in [1.82, 2.24) is 5.32 Å². The highest BCUT2D eigenvalue weighted by Crippen LogP contribution is 2.33. The van der Waals surface area contributed by atoms with Crippen LogP contribution in [-0.4, -0.2) is 39.1 Å². The lowest BCUT2D eigenvalue weighted by atomic mass is 10.2. The SMILES string of the molecule is CNCCC(=O)Nc1ccc(N2CCCC2=O)c(OC)c1.Cl. The Balaban J connectivity index is 0.00000242. The van der Waals surface area contributed by atoms with Crippen LogP contribution in [0.15, 0.2) is 18.2 Å². The highest BCUT2D eigenvalue weighted by molar-refractivity contribution is 5.97. The fourth-order valence-corrected chi connectivity index (χ4v) is 2.34.